The van der Waals surface area contributed by atoms with Gasteiger partial charge >= 0.3 is 0 Å². The predicted molar refractivity (Wildman–Crippen MR) is 92.6 cm³/mol. The number of morpholine rings is 1. The summed E-state index contributed by atoms with van der Waals surface area (Å²) in [6, 6.07) is 10.5. The lowest BCUT2D eigenvalue weighted by Gasteiger charge is -2.28. The van der Waals surface area contributed by atoms with Gasteiger partial charge in [-0.1, -0.05) is 0 Å². The average Bonchev–Trinajstić information content (AvgIpc) is 3.06. The first-order chi connectivity index (χ1) is 12.2. The molecule has 0 aliphatic carbocycles. The molecule has 1 fully saturated rings. The van der Waals surface area contributed by atoms with E-state index >= 15 is 0 Å². The number of pyridine rings is 1. The summed E-state index contributed by atoms with van der Waals surface area (Å²) in [6.07, 6.45) is 2.80. The van der Waals surface area contributed by atoms with E-state index in [9.17, 15) is 9.18 Å². The van der Waals surface area contributed by atoms with Crippen molar-refractivity contribution in [1.29, 1.82) is 0 Å². The molecule has 3 aromatic rings. The molecule has 1 aromatic carbocycles. The van der Waals surface area contributed by atoms with Gasteiger partial charge in [-0.2, -0.15) is 0 Å². The number of anilines is 2. The number of amides is 1. The third-order valence-corrected chi connectivity index (χ3v) is 4.15. The van der Waals surface area contributed by atoms with Crippen molar-refractivity contribution in [2.75, 3.05) is 36.5 Å². The first-order valence-corrected chi connectivity index (χ1v) is 8.07. The zero-order valence-electron chi connectivity index (χ0n) is 13.5. The van der Waals surface area contributed by atoms with Crippen LogP contribution < -0.4 is 10.2 Å². The Morgan fingerprint density at radius 3 is 2.60 bits per heavy atom. The number of halogens is 1. The summed E-state index contributed by atoms with van der Waals surface area (Å²) in [5.74, 6) is -0.709. The standard InChI is InChI=1S/C18H17FN4O2/c19-13-1-6-17-21-16(12-23(17)11-13)18(24)20-14-2-4-15(5-3-14)22-7-9-25-10-8-22/h1-6,11-12H,7-10H2,(H,20,24). The first-order valence-electron chi connectivity index (χ1n) is 8.07. The van der Waals surface area contributed by atoms with Crippen LogP contribution in [0.25, 0.3) is 5.65 Å². The fourth-order valence-corrected chi connectivity index (χ4v) is 2.85. The maximum absolute atomic E-state index is 13.2. The van der Waals surface area contributed by atoms with Gasteiger partial charge in [-0.3, -0.25) is 4.79 Å². The highest BCUT2D eigenvalue weighted by atomic mass is 19.1. The van der Waals surface area contributed by atoms with Crippen molar-refractivity contribution in [2.45, 2.75) is 0 Å². The number of carbonyl (C=O) groups excluding carboxylic acids is 1. The summed E-state index contributed by atoms with van der Waals surface area (Å²) in [4.78, 5) is 18.8. The molecule has 1 saturated heterocycles. The highest BCUT2D eigenvalue weighted by Crippen LogP contribution is 2.19. The van der Waals surface area contributed by atoms with E-state index in [1.807, 2.05) is 24.3 Å². The Labute approximate surface area is 143 Å². The van der Waals surface area contributed by atoms with Crippen LogP contribution in [-0.2, 0) is 4.74 Å². The number of imidazole rings is 1. The van der Waals surface area contributed by atoms with Gasteiger partial charge in [0, 0.05) is 36.9 Å². The quantitative estimate of drug-likeness (QED) is 0.796. The third-order valence-electron chi connectivity index (χ3n) is 4.15. The monoisotopic (exact) mass is 340 g/mol. The highest BCUT2D eigenvalue weighted by Gasteiger charge is 2.13. The van der Waals surface area contributed by atoms with Crippen LogP contribution in [0.5, 0.6) is 0 Å². The van der Waals surface area contributed by atoms with Gasteiger partial charge in [0.05, 0.1) is 13.2 Å². The smallest absolute Gasteiger partial charge is 0.275 e. The minimum atomic E-state index is -0.379. The van der Waals surface area contributed by atoms with Crippen LogP contribution in [0.1, 0.15) is 10.5 Å². The number of aromatic nitrogens is 2. The lowest BCUT2D eigenvalue weighted by atomic mass is 10.2. The largest absolute Gasteiger partial charge is 0.378 e. The summed E-state index contributed by atoms with van der Waals surface area (Å²) in [5, 5.41) is 2.81. The normalized spacial score (nSPS) is 14.7. The SMILES string of the molecule is O=C(Nc1ccc(N2CCOCC2)cc1)c1cn2cc(F)ccc2n1. The van der Waals surface area contributed by atoms with Gasteiger partial charge in [0.1, 0.15) is 17.2 Å². The zero-order valence-corrected chi connectivity index (χ0v) is 13.5. The van der Waals surface area contributed by atoms with Crippen LogP contribution in [0.3, 0.4) is 0 Å². The van der Waals surface area contributed by atoms with E-state index in [2.05, 4.69) is 15.2 Å². The minimum absolute atomic E-state index is 0.239. The van der Waals surface area contributed by atoms with E-state index in [4.69, 9.17) is 4.74 Å². The van der Waals surface area contributed by atoms with Crippen molar-refractivity contribution in [3.8, 4) is 0 Å². The van der Waals surface area contributed by atoms with Crippen molar-refractivity contribution < 1.29 is 13.9 Å². The van der Waals surface area contributed by atoms with Gasteiger partial charge < -0.3 is 19.4 Å². The third kappa shape index (κ3) is 3.32. The zero-order chi connectivity index (χ0) is 17.2. The molecule has 6 nitrogen and oxygen atoms in total. The van der Waals surface area contributed by atoms with Crippen LogP contribution in [0, 0.1) is 5.82 Å². The fraction of sp³-hybridized carbons (Fsp3) is 0.222. The maximum Gasteiger partial charge on any atom is 0.275 e. The molecule has 0 bridgehead atoms. The van der Waals surface area contributed by atoms with Gasteiger partial charge in [-0.15, -0.1) is 0 Å². The average molecular weight is 340 g/mol. The Balaban J connectivity index is 1.47. The molecule has 1 N–H and O–H groups in total. The number of nitrogens with one attached hydrogen (secondary N) is 1. The second kappa shape index (κ2) is 6.52. The van der Waals surface area contributed by atoms with Crippen LogP contribution in [0.4, 0.5) is 15.8 Å². The van der Waals surface area contributed by atoms with E-state index in [0.29, 0.717) is 11.3 Å². The lowest BCUT2D eigenvalue weighted by molar-refractivity contribution is 0.102. The molecule has 25 heavy (non-hydrogen) atoms. The van der Waals surface area contributed by atoms with Crippen LogP contribution >= 0.6 is 0 Å². The first kappa shape index (κ1) is 15.6. The molecule has 128 valence electrons. The predicted octanol–water partition coefficient (Wildman–Crippen LogP) is 2.56. The van der Waals surface area contributed by atoms with Crippen molar-refractivity contribution in [3.63, 3.8) is 0 Å². The molecule has 3 heterocycles. The van der Waals surface area contributed by atoms with Gasteiger partial charge in [-0.25, -0.2) is 9.37 Å². The number of rotatable bonds is 3. The summed E-state index contributed by atoms with van der Waals surface area (Å²) in [5.41, 5.74) is 2.55. The second-order valence-corrected chi connectivity index (χ2v) is 5.84. The molecule has 2 aromatic heterocycles. The summed E-state index contributed by atoms with van der Waals surface area (Å²) in [7, 11) is 0. The lowest BCUT2D eigenvalue weighted by Crippen LogP contribution is -2.36. The Morgan fingerprint density at radius 1 is 1.08 bits per heavy atom. The summed E-state index contributed by atoms with van der Waals surface area (Å²) < 4.78 is 20.1. The molecule has 0 saturated carbocycles. The molecular weight excluding hydrogens is 323 g/mol. The molecule has 0 spiro atoms. The Bertz CT molecular complexity index is 901. The number of ether oxygens (including phenoxy) is 1. The van der Waals surface area contributed by atoms with Gasteiger partial charge in [0.15, 0.2) is 0 Å². The highest BCUT2D eigenvalue weighted by molar-refractivity contribution is 6.03. The number of benzene rings is 1. The topological polar surface area (TPSA) is 58.9 Å². The molecule has 0 atom stereocenters. The van der Waals surface area contributed by atoms with Crippen LogP contribution in [0.15, 0.2) is 48.8 Å². The van der Waals surface area contributed by atoms with Gasteiger partial charge in [0.25, 0.3) is 5.91 Å². The van der Waals surface area contributed by atoms with E-state index in [0.717, 1.165) is 32.0 Å². The molecule has 1 aliphatic heterocycles. The Kier molecular flexibility index (Phi) is 4.07. The summed E-state index contributed by atoms with van der Waals surface area (Å²) >= 11 is 0. The van der Waals surface area contributed by atoms with Crippen molar-refractivity contribution >= 4 is 22.9 Å². The molecule has 0 unspecified atom stereocenters. The number of hydrogen-bond acceptors (Lipinski definition) is 4. The van der Waals surface area contributed by atoms with Crippen LogP contribution in [-0.4, -0.2) is 41.6 Å². The van der Waals surface area contributed by atoms with Crippen molar-refractivity contribution in [1.82, 2.24) is 9.38 Å². The number of nitrogens with zero attached hydrogens (tertiary/aromatic N) is 3. The van der Waals surface area contributed by atoms with E-state index in [1.54, 1.807) is 0 Å². The molecule has 7 heteroatoms. The second-order valence-electron chi connectivity index (χ2n) is 5.84. The number of carbonyl (C=O) groups is 1. The van der Waals surface area contributed by atoms with Crippen molar-refractivity contribution in [3.05, 3.63) is 60.3 Å². The maximum atomic E-state index is 13.2. The fourth-order valence-electron chi connectivity index (χ4n) is 2.85. The van der Waals surface area contributed by atoms with Gasteiger partial charge in [0.2, 0.25) is 0 Å². The molecule has 1 aliphatic rings. The van der Waals surface area contributed by atoms with Gasteiger partial charge in [-0.05, 0) is 36.4 Å². The van der Waals surface area contributed by atoms with Crippen molar-refractivity contribution in [2.24, 2.45) is 0 Å². The van der Waals surface area contributed by atoms with E-state index in [-0.39, 0.29) is 17.4 Å². The van der Waals surface area contributed by atoms with E-state index < -0.39 is 0 Å². The molecule has 4 rings (SSSR count). The van der Waals surface area contributed by atoms with Crippen LogP contribution in [0.2, 0.25) is 0 Å². The minimum Gasteiger partial charge on any atom is -0.378 e. The number of hydrogen-bond donors (Lipinski definition) is 1. The molecule has 1 amide bonds. The number of fused-ring (bicyclic) bond motifs is 1. The summed E-state index contributed by atoms with van der Waals surface area (Å²) in [6.45, 7) is 3.19. The Morgan fingerprint density at radius 2 is 1.84 bits per heavy atom. The van der Waals surface area contributed by atoms with E-state index in [1.165, 1.54) is 28.9 Å². The Hall–Kier alpha value is -2.93. The molecule has 0 radical (unpaired) electrons. The molecular formula is C18H17FN4O2.